The van der Waals surface area contributed by atoms with Crippen LogP contribution in [0.3, 0.4) is 0 Å². The molecule has 2 rings (SSSR count). The average Bonchev–Trinajstić information content (AvgIpc) is 2.92. The van der Waals surface area contributed by atoms with Crippen molar-refractivity contribution < 1.29 is 0 Å². The summed E-state index contributed by atoms with van der Waals surface area (Å²) in [5.74, 6) is 0. The molecular formula is C14H22N4S. The summed E-state index contributed by atoms with van der Waals surface area (Å²) in [4.78, 5) is 10.1. The quantitative estimate of drug-likeness (QED) is 0.914. The molecule has 0 amide bonds. The molecule has 0 saturated carbocycles. The second kappa shape index (κ2) is 5.84. The fourth-order valence-electron chi connectivity index (χ4n) is 2.19. The van der Waals surface area contributed by atoms with Gasteiger partial charge in [-0.2, -0.15) is 0 Å². The molecule has 4 nitrogen and oxygen atoms in total. The minimum absolute atomic E-state index is 0.290. The van der Waals surface area contributed by atoms with E-state index in [1.807, 2.05) is 12.5 Å². The lowest BCUT2D eigenvalue weighted by Gasteiger charge is -2.17. The Kier molecular flexibility index (Phi) is 4.37. The lowest BCUT2D eigenvalue weighted by atomic mass is 10.2. The Morgan fingerprint density at radius 2 is 2.05 bits per heavy atom. The van der Waals surface area contributed by atoms with Crippen LogP contribution in [-0.2, 0) is 6.54 Å². The van der Waals surface area contributed by atoms with Crippen molar-refractivity contribution >= 4 is 11.3 Å². The highest BCUT2D eigenvalue weighted by Crippen LogP contribution is 2.28. The molecule has 0 aromatic carbocycles. The summed E-state index contributed by atoms with van der Waals surface area (Å²) < 4.78 is 2.23. The second-order valence-electron chi connectivity index (χ2n) is 5.19. The molecule has 0 radical (unpaired) electrons. The summed E-state index contributed by atoms with van der Waals surface area (Å²) in [6.07, 6.45) is 3.85. The number of imidazole rings is 1. The van der Waals surface area contributed by atoms with Crippen molar-refractivity contribution in [3.63, 3.8) is 0 Å². The maximum Gasteiger partial charge on any atom is 0.0954 e. The van der Waals surface area contributed by atoms with Crippen LogP contribution < -0.4 is 5.32 Å². The number of aryl methyl sites for hydroxylation is 2. The van der Waals surface area contributed by atoms with Crippen LogP contribution >= 0.6 is 11.3 Å². The highest BCUT2D eigenvalue weighted by atomic mass is 32.1. The normalized spacial score (nSPS) is 13.2. The third kappa shape index (κ3) is 3.22. The SMILES string of the molecule is Cc1nc(C)c(C(C)n2cncc2CNC(C)C)s1. The van der Waals surface area contributed by atoms with Gasteiger partial charge in [0.05, 0.1) is 33.6 Å². The predicted octanol–water partition coefficient (Wildman–Crippen LogP) is 3.06. The molecule has 2 aromatic heterocycles. The molecule has 0 aliphatic rings. The third-order valence-corrected chi connectivity index (χ3v) is 4.42. The van der Waals surface area contributed by atoms with Gasteiger partial charge in [-0.15, -0.1) is 11.3 Å². The van der Waals surface area contributed by atoms with Gasteiger partial charge in [-0.05, 0) is 20.8 Å². The maximum absolute atomic E-state index is 4.52. The summed E-state index contributed by atoms with van der Waals surface area (Å²) in [7, 11) is 0. The van der Waals surface area contributed by atoms with Gasteiger partial charge in [0.1, 0.15) is 0 Å². The fraction of sp³-hybridized carbons (Fsp3) is 0.571. The molecule has 0 bridgehead atoms. The van der Waals surface area contributed by atoms with Gasteiger partial charge < -0.3 is 9.88 Å². The zero-order chi connectivity index (χ0) is 14.0. The van der Waals surface area contributed by atoms with Gasteiger partial charge >= 0.3 is 0 Å². The Morgan fingerprint density at radius 3 is 2.63 bits per heavy atom. The average molecular weight is 278 g/mol. The molecule has 0 spiro atoms. The van der Waals surface area contributed by atoms with E-state index in [2.05, 4.69) is 54.5 Å². The summed E-state index contributed by atoms with van der Waals surface area (Å²) in [6, 6.07) is 0.767. The lowest BCUT2D eigenvalue weighted by Crippen LogP contribution is -2.24. The summed E-state index contributed by atoms with van der Waals surface area (Å²) >= 11 is 1.77. The first-order chi connectivity index (χ1) is 8.99. The van der Waals surface area contributed by atoms with E-state index < -0.39 is 0 Å². The van der Waals surface area contributed by atoms with Crippen LogP contribution in [-0.4, -0.2) is 20.6 Å². The molecule has 1 atom stereocenters. The Morgan fingerprint density at radius 1 is 1.32 bits per heavy atom. The number of nitrogens with zero attached hydrogens (tertiary/aromatic N) is 3. The van der Waals surface area contributed by atoms with E-state index >= 15 is 0 Å². The Labute approximate surface area is 118 Å². The zero-order valence-corrected chi connectivity index (χ0v) is 13.1. The zero-order valence-electron chi connectivity index (χ0n) is 12.3. The van der Waals surface area contributed by atoms with E-state index in [9.17, 15) is 0 Å². The van der Waals surface area contributed by atoms with Crippen molar-refractivity contribution in [1.82, 2.24) is 19.9 Å². The number of aromatic nitrogens is 3. The molecule has 5 heteroatoms. The Balaban J connectivity index is 2.22. The number of rotatable bonds is 5. The van der Waals surface area contributed by atoms with Gasteiger partial charge in [0.25, 0.3) is 0 Å². The largest absolute Gasteiger partial charge is 0.325 e. The van der Waals surface area contributed by atoms with Crippen molar-refractivity contribution in [2.45, 2.75) is 53.2 Å². The van der Waals surface area contributed by atoms with E-state index in [0.29, 0.717) is 6.04 Å². The maximum atomic E-state index is 4.52. The minimum atomic E-state index is 0.290. The van der Waals surface area contributed by atoms with Gasteiger partial charge in [0, 0.05) is 18.8 Å². The second-order valence-corrected chi connectivity index (χ2v) is 6.42. The van der Waals surface area contributed by atoms with Crippen LogP contribution in [0.15, 0.2) is 12.5 Å². The predicted molar refractivity (Wildman–Crippen MR) is 79.6 cm³/mol. The summed E-state index contributed by atoms with van der Waals surface area (Å²) in [5.41, 5.74) is 2.35. The first-order valence-corrected chi connectivity index (χ1v) is 7.48. The fourth-order valence-corrected chi connectivity index (χ4v) is 3.17. The molecule has 0 aliphatic carbocycles. The van der Waals surface area contributed by atoms with E-state index in [0.717, 1.165) is 17.2 Å². The van der Waals surface area contributed by atoms with Crippen LogP contribution in [0, 0.1) is 13.8 Å². The van der Waals surface area contributed by atoms with E-state index in [-0.39, 0.29) is 6.04 Å². The van der Waals surface area contributed by atoms with Crippen molar-refractivity contribution in [2.24, 2.45) is 0 Å². The highest BCUT2D eigenvalue weighted by molar-refractivity contribution is 7.11. The molecule has 0 aliphatic heterocycles. The Bertz CT molecular complexity index is 541. The molecule has 19 heavy (non-hydrogen) atoms. The topological polar surface area (TPSA) is 42.7 Å². The molecule has 0 saturated heterocycles. The standard InChI is InChI=1S/C14H22N4S/c1-9(2)16-7-13-6-15-8-18(13)11(4)14-10(3)17-12(5)19-14/h6,8-9,11,16H,7H2,1-5H3. The van der Waals surface area contributed by atoms with E-state index in [1.54, 1.807) is 11.3 Å². The third-order valence-electron chi connectivity index (χ3n) is 3.17. The molecule has 104 valence electrons. The van der Waals surface area contributed by atoms with Crippen molar-refractivity contribution in [3.8, 4) is 0 Å². The molecule has 1 N–H and O–H groups in total. The minimum Gasteiger partial charge on any atom is -0.325 e. The molecule has 2 heterocycles. The number of thiazole rings is 1. The molecule has 1 unspecified atom stereocenters. The molecule has 0 fully saturated rings. The van der Waals surface area contributed by atoms with Gasteiger partial charge in [0.15, 0.2) is 0 Å². The molecule has 2 aromatic rings. The summed E-state index contributed by atoms with van der Waals surface area (Å²) in [6.45, 7) is 11.5. The lowest BCUT2D eigenvalue weighted by molar-refractivity contribution is 0.541. The first kappa shape index (κ1) is 14.2. The Hall–Kier alpha value is -1.20. The van der Waals surface area contributed by atoms with Crippen LogP contribution in [0.1, 0.15) is 48.1 Å². The summed E-state index contributed by atoms with van der Waals surface area (Å²) in [5, 5.41) is 4.57. The van der Waals surface area contributed by atoms with Crippen LogP contribution in [0.5, 0.6) is 0 Å². The van der Waals surface area contributed by atoms with Gasteiger partial charge in [-0.25, -0.2) is 9.97 Å². The van der Waals surface area contributed by atoms with Gasteiger partial charge in [-0.1, -0.05) is 13.8 Å². The number of hydrogen-bond acceptors (Lipinski definition) is 4. The van der Waals surface area contributed by atoms with Gasteiger partial charge in [-0.3, -0.25) is 0 Å². The highest BCUT2D eigenvalue weighted by Gasteiger charge is 2.16. The van der Waals surface area contributed by atoms with E-state index in [4.69, 9.17) is 0 Å². The van der Waals surface area contributed by atoms with E-state index in [1.165, 1.54) is 10.6 Å². The monoisotopic (exact) mass is 278 g/mol. The van der Waals surface area contributed by atoms with Crippen molar-refractivity contribution in [2.75, 3.05) is 0 Å². The van der Waals surface area contributed by atoms with Crippen molar-refractivity contribution in [3.05, 3.63) is 33.8 Å². The van der Waals surface area contributed by atoms with Crippen LogP contribution in [0.2, 0.25) is 0 Å². The molecular weight excluding hydrogens is 256 g/mol. The smallest absolute Gasteiger partial charge is 0.0954 e. The number of hydrogen-bond donors (Lipinski definition) is 1. The van der Waals surface area contributed by atoms with Crippen molar-refractivity contribution in [1.29, 1.82) is 0 Å². The van der Waals surface area contributed by atoms with Crippen LogP contribution in [0.25, 0.3) is 0 Å². The van der Waals surface area contributed by atoms with Gasteiger partial charge in [0.2, 0.25) is 0 Å². The van der Waals surface area contributed by atoms with Crippen LogP contribution in [0.4, 0.5) is 0 Å². The first-order valence-electron chi connectivity index (χ1n) is 6.67. The number of nitrogens with one attached hydrogen (secondary N) is 1.